The Balaban J connectivity index is 2.13. The van der Waals surface area contributed by atoms with Crippen LogP contribution in [0, 0.1) is 0 Å². The maximum absolute atomic E-state index is 2.52. The minimum Gasteiger partial charge on any atom is -0.0686 e. The molecule has 0 aliphatic carbocycles. The Bertz CT molecular complexity index is 1110. The van der Waals surface area contributed by atoms with Gasteiger partial charge in [-0.1, -0.05) is 169 Å². The van der Waals surface area contributed by atoms with Crippen LogP contribution in [0.25, 0.3) is 10.7 Å². The van der Waals surface area contributed by atoms with E-state index in [4.69, 9.17) is 0 Å². The molecule has 0 atom stereocenters. The fraction of sp³-hybridized carbons (Fsp3) is 0.133. The average molecular weight is 430 g/mol. The Hall–Kier alpha value is -3.10. The van der Waals surface area contributed by atoms with E-state index in [0.717, 1.165) is 0 Å². The second-order valence-electron chi connectivity index (χ2n) is 9.01. The van der Waals surface area contributed by atoms with Gasteiger partial charge in [0.2, 0.25) is 6.71 Å². The minimum atomic E-state index is -1.74. The molecule has 4 aromatic rings. The van der Waals surface area contributed by atoms with Crippen LogP contribution in [0.3, 0.4) is 0 Å². The van der Waals surface area contributed by atoms with Crippen LogP contribution in [0.2, 0.25) is 19.1 Å². The summed E-state index contributed by atoms with van der Waals surface area (Å²) in [6, 6.07) is 45.3. The molecule has 0 saturated heterocycles. The predicted octanol–water partition coefficient (Wildman–Crippen LogP) is 6.71. The quantitative estimate of drug-likeness (QED) is 0.226. The number of benzene rings is 4. The molecule has 4 rings (SSSR count). The van der Waals surface area contributed by atoms with E-state index in [2.05, 4.69) is 141 Å². The Labute approximate surface area is 194 Å². The maximum Gasteiger partial charge on any atom is 0.241 e. The van der Waals surface area contributed by atoms with Crippen LogP contribution in [0.1, 0.15) is 18.1 Å². The summed E-state index contributed by atoms with van der Waals surface area (Å²) in [5, 5.41) is 1.56. The van der Waals surface area contributed by atoms with E-state index in [0.29, 0.717) is 0 Å². The summed E-state index contributed by atoms with van der Waals surface area (Å²) in [5.41, 5.74) is 6.81. The van der Waals surface area contributed by atoms with Crippen molar-refractivity contribution < 1.29 is 0 Å². The first-order chi connectivity index (χ1) is 15.6. The molecule has 0 bridgehead atoms. The fourth-order valence-electron chi connectivity index (χ4n) is 4.58. The van der Waals surface area contributed by atoms with Crippen molar-refractivity contribution in [1.29, 1.82) is 0 Å². The first kappa shape index (κ1) is 22.1. The van der Waals surface area contributed by atoms with Gasteiger partial charge in [-0.15, -0.1) is 0 Å². The summed E-state index contributed by atoms with van der Waals surface area (Å²) in [4.78, 5) is 0. The van der Waals surface area contributed by atoms with Crippen LogP contribution in [0.15, 0.2) is 121 Å². The van der Waals surface area contributed by atoms with Crippen molar-refractivity contribution in [3.05, 3.63) is 132 Å². The molecule has 0 unspecified atom stereocenters. The molecule has 0 spiro atoms. The van der Waals surface area contributed by atoms with E-state index in [-0.39, 0.29) is 6.71 Å². The van der Waals surface area contributed by atoms with Crippen LogP contribution in [-0.2, 0) is 0 Å². The third-order valence-corrected chi connectivity index (χ3v) is 10.2. The fourth-order valence-corrected chi connectivity index (χ4v) is 6.90. The topological polar surface area (TPSA) is 0 Å². The van der Waals surface area contributed by atoms with Gasteiger partial charge in [0.05, 0.1) is 8.07 Å². The Morgan fingerprint density at radius 1 is 0.562 bits per heavy atom. The maximum atomic E-state index is 2.52. The highest BCUT2D eigenvalue weighted by molar-refractivity contribution is 7.07. The predicted molar refractivity (Wildman–Crippen MR) is 146 cm³/mol. The van der Waals surface area contributed by atoms with Gasteiger partial charge >= 0.3 is 0 Å². The van der Waals surface area contributed by atoms with E-state index in [1.54, 1.807) is 5.20 Å². The molecular formula is C30H31BSi. The molecule has 0 aromatic heterocycles. The lowest BCUT2D eigenvalue weighted by atomic mass is 9.35. The molecule has 2 heteroatoms. The number of hydrogen-bond acceptors (Lipinski definition) is 0. The highest BCUT2D eigenvalue weighted by atomic mass is 28.3. The van der Waals surface area contributed by atoms with Gasteiger partial charge in [0, 0.05) is 0 Å². The van der Waals surface area contributed by atoms with Crippen molar-refractivity contribution in [2.24, 2.45) is 0 Å². The van der Waals surface area contributed by atoms with Crippen molar-refractivity contribution in [2.45, 2.75) is 26.1 Å². The van der Waals surface area contributed by atoms with Crippen LogP contribution in [0.4, 0.5) is 0 Å². The zero-order valence-electron chi connectivity index (χ0n) is 19.3. The van der Waals surface area contributed by atoms with Gasteiger partial charge in [-0.05, 0) is 11.1 Å². The Morgan fingerprint density at radius 2 is 0.938 bits per heavy atom. The first-order valence-electron chi connectivity index (χ1n) is 11.6. The minimum absolute atomic E-state index is 0.174. The second kappa shape index (κ2) is 10.0. The lowest BCUT2D eigenvalue weighted by molar-refractivity contribution is 1.38. The number of rotatable bonds is 7. The van der Waals surface area contributed by atoms with Gasteiger partial charge in [0.25, 0.3) is 0 Å². The van der Waals surface area contributed by atoms with Crippen molar-refractivity contribution in [3.63, 3.8) is 0 Å². The summed E-state index contributed by atoms with van der Waals surface area (Å²) in [7, 11) is -1.74. The molecule has 0 heterocycles. The standard InChI is InChI=1S/C30H31BSi/c1-4-32(2,3)30(26-19-11-6-12-20-26)29(25-17-9-5-10-18-25)31(27-21-13-7-14-22-27)28-23-15-8-16-24-28/h5-24H,4H2,1-3H3/b30-29-. The van der Waals surface area contributed by atoms with Crippen LogP contribution in [-0.4, -0.2) is 14.8 Å². The van der Waals surface area contributed by atoms with Gasteiger partial charge in [-0.25, -0.2) is 0 Å². The third kappa shape index (κ3) is 4.71. The van der Waals surface area contributed by atoms with Gasteiger partial charge in [0.1, 0.15) is 0 Å². The zero-order chi connectivity index (χ0) is 22.4. The van der Waals surface area contributed by atoms with E-state index in [1.807, 2.05) is 0 Å². The third-order valence-electron chi connectivity index (χ3n) is 6.53. The summed E-state index contributed by atoms with van der Waals surface area (Å²) in [6.45, 7) is 7.57. The molecule has 158 valence electrons. The van der Waals surface area contributed by atoms with Crippen molar-refractivity contribution in [1.82, 2.24) is 0 Å². The Morgan fingerprint density at radius 3 is 1.34 bits per heavy atom. The van der Waals surface area contributed by atoms with Crippen molar-refractivity contribution in [3.8, 4) is 0 Å². The van der Waals surface area contributed by atoms with Crippen molar-refractivity contribution in [2.75, 3.05) is 0 Å². The van der Waals surface area contributed by atoms with E-state index in [1.165, 1.54) is 33.6 Å². The summed E-state index contributed by atoms with van der Waals surface area (Å²) < 4.78 is 0. The first-order valence-corrected chi connectivity index (χ1v) is 14.8. The van der Waals surface area contributed by atoms with Crippen LogP contribution in [0.5, 0.6) is 0 Å². The molecule has 0 aliphatic heterocycles. The number of hydrogen-bond donors (Lipinski definition) is 0. The monoisotopic (exact) mass is 430 g/mol. The highest BCUT2D eigenvalue weighted by Crippen LogP contribution is 2.37. The molecule has 0 radical (unpaired) electrons. The Kier molecular flexibility index (Phi) is 6.92. The summed E-state index contributed by atoms with van der Waals surface area (Å²) >= 11 is 0. The molecule has 4 aromatic carbocycles. The van der Waals surface area contributed by atoms with E-state index in [9.17, 15) is 0 Å². The molecule has 0 fully saturated rings. The smallest absolute Gasteiger partial charge is 0.0686 e. The van der Waals surface area contributed by atoms with Crippen LogP contribution >= 0.6 is 0 Å². The van der Waals surface area contributed by atoms with E-state index < -0.39 is 8.07 Å². The highest BCUT2D eigenvalue weighted by Gasteiger charge is 2.34. The van der Waals surface area contributed by atoms with Gasteiger partial charge in [0.15, 0.2) is 0 Å². The van der Waals surface area contributed by atoms with Gasteiger partial charge in [-0.3, -0.25) is 0 Å². The second-order valence-corrected chi connectivity index (χ2v) is 14.0. The molecule has 0 N–H and O–H groups in total. The SMILES string of the molecule is CC[Si](C)(C)/C(=C(\B(c1ccccc1)c1ccccc1)c1ccccc1)c1ccccc1. The lowest BCUT2D eigenvalue weighted by Crippen LogP contribution is -2.45. The average Bonchev–Trinajstić information content (AvgIpc) is 2.86. The summed E-state index contributed by atoms with van der Waals surface area (Å²) in [5.74, 6) is 0. The zero-order valence-corrected chi connectivity index (χ0v) is 20.3. The van der Waals surface area contributed by atoms with Gasteiger partial charge < -0.3 is 0 Å². The molecule has 0 aliphatic rings. The molecule has 0 amide bonds. The van der Waals surface area contributed by atoms with Crippen molar-refractivity contribution >= 4 is 36.4 Å². The lowest BCUT2D eigenvalue weighted by Gasteiger charge is -2.32. The largest absolute Gasteiger partial charge is 0.241 e. The molecule has 0 saturated carbocycles. The molecule has 0 nitrogen and oxygen atoms in total. The van der Waals surface area contributed by atoms with E-state index >= 15 is 0 Å². The van der Waals surface area contributed by atoms with Gasteiger partial charge in [-0.2, -0.15) is 0 Å². The summed E-state index contributed by atoms with van der Waals surface area (Å²) in [6.07, 6.45) is 0. The molecule has 32 heavy (non-hydrogen) atoms. The van der Waals surface area contributed by atoms with Crippen LogP contribution < -0.4 is 10.9 Å². The molecular weight excluding hydrogens is 399 g/mol. The normalized spacial score (nSPS) is 12.2.